The quantitative estimate of drug-likeness (QED) is 0.895. The lowest BCUT2D eigenvalue weighted by atomic mass is 10.1. The van der Waals surface area contributed by atoms with Crippen LogP contribution in [-0.2, 0) is 4.79 Å². The molecule has 2 aromatic rings. The Morgan fingerprint density at radius 3 is 2.72 bits per heavy atom. The highest BCUT2D eigenvalue weighted by molar-refractivity contribution is 5.86. The fourth-order valence-corrected chi connectivity index (χ4v) is 1.91. The van der Waals surface area contributed by atoms with Gasteiger partial charge in [0, 0.05) is 17.6 Å². The van der Waals surface area contributed by atoms with Crippen LogP contribution in [0.25, 0.3) is 10.9 Å². The van der Waals surface area contributed by atoms with Crippen LogP contribution in [0, 0.1) is 0 Å². The molecular weight excluding hydrogens is 234 g/mol. The Kier molecular flexibility index (Phi) is 3.06. The van der Waals surface area contributed by atoms with Gasteiger partial charge in [0.25, 0.3) is 0 Å². The predicted molar refractivity (Wildman–Crippen MR) is 67.1 cm³/mol. The number of hydrogen-bond donors (Lipinski definition) is 1. The molecule has 0 bridgehead atoms. The third kappa shape index (κ3) is 1.84. The Hall–Kier alpha value is -2.30. The predicted octanol–water partition coefficient (Wildman–Crippen LogP) is 1.66. The first kappa shape index (κ1) is 12.2. The van der Waals surface area contributed by atoms with E-state index in [9.17, 15) is 9.59 Å². The van der Waals surface area contributed by atoms with E-state index in [1.54, 1.807) is 25.1 Å². The topological polar surface area (TPSA) is 68.5 Å². The third-order valence-electron chi connectivity index (χ3n) is 2.90. The number of carboxylic acid groups (broad SMARTS) is 1. The summed E-state index contributed by atoms with van der Waals surface area (Å²) < 4.78 is 6.73. The lowest BCUT2D eigenvalue weighted by Gasteiger charge is -2.16. The molecule has 2 rings (SSSR count). The fourth-order valence-electron chi connectivity index (χ4n) is 1.91. The minimum Gasteiger partial charge on any atom is -0.495 e. The van der Waals surface area contributed by atoms with Gasteiger partial charge >= 0.3 is 5.97 Å². The van der Waals surface area contributed by atoms with Crippen LogP contribution in [0.1, 0.15) is 13.0 Å². The van der Waals surface area contributed by atoms with Crippen LogP contribution in [0.15, 0.2) is 35.3 Å². The molecule has 0 radical (unpaired) electrons. The van der Waals surface area contributed by atoms with Crippen molar-refractivity contribution in [1.82, 2.24) is 4.57 Å². The van der Waals surface area contributed by atoms with Gasteiger partial charge in [-0.3, -0.25) is 4.79 Å². The number of para-hydroxylation sites is 1. The zero-order chi connectivity index (χ0) is 13.3. The molecule has 0 amide bonds. The van der Waals surface area contributed by atoms with Crippen LogP contribution < -0.4 is 10.2 Å². The van der Waals surface area contributed by atoms with E-state index >= 15 is 0 Å². The standard InChI is InChI=1S/C13H13NO4/c1-8(13(16)17)14-7-6-10(15)9-4-3-5-11(18-2)12(9)14/h3-8H,1-2H3,(H,16,17). The monoisotopic (exact) mass is 247 g/mol. The van der Waals surface area contributed by atoms with E-state index in [2.05, 4.69) is 0 Å². The van der Waals surface area contributed by atoms with Crippen LogP contribution in [-0.4, -0.2) is 22.8 Å². The molecule has 0 spiro atoms. The minimum absolute atomic E-state index is 0.155. The summed E-state index contributed by atoms with van der Waals surface area (Å²) in [5.74, 6) is -0.482. The number of methoxy groups -OCH3 is 1. The number of nitrogens with zero attached hydrogens (tertiary/aromatic N) is 1. The van der Waals surface area contributed by atoms with Crippen LogP contribution >= 0.6 is 0 Å². The number of rotatable bonds is 3. The number of hydrogen-bond acceptors (Lipinski definition) is 3. The van der Waals surface area contributed by atoms with E-state index in [0.29, 0.717) is 16.7 Å². The van der Waals surface area contributed by atoms with Gasteiger partial charge in [0.1, 0.15) is 11.8 Å². The Balaban J connectivity index is 2.86. The highest BCUT2D eigenvalue weighted by Gasteiger charge is 2.17. The van der Waals surface area contributed by atoms with Crippen molar-refractivity contribution < 1.29 is 14.6 Å². The van der Waals surface area contributed by atoms with Crippen molar-refractivity contribution in [3.63, 3.8) is 0 Å². The zero-order valence-electron chi connectivity index (χ0n) is 10.1. The molecule has 94 valence electrons. The summed E-state index contributed by atoms with van der Waals surface area (Å²) in [6.45, 7) is 1.55. The molecule has 1 unspecified atom stereocenters. The van der Waals surface area contributed by atoms with E-state index in [-0.39, 0.29) is 5.43 Å². The molecule has 1 atom stereocenters. The fraction of sp³-hybridized carbons (Fsp3) is 0.231. The van der Waals surface area contributed by atoms with Gasteiger partial charge in [-0.1, -0.05) is 6.07 Å². The van der Waals surface area contributed by atoms with Gasteiger partial charge in [0.15, 0.2) is 5.43 Å². The Morgan fingerprint density at radius 1 is 1.39 bits per heavy atom. The number of benzene rings is 1. The van der Waals surface area contributed by atoms with Gasteiger partial charge in [-0.05, 0) is 19.1 Å². The summed E-state index contributed by atoms with van der Waals surface area (Å²) in [5, 5.41) is 9.54. The molecule has 0 aliphatic carbocycles. The molecule has 1 N–H and O–H groups in total. The van der Waals surface area contributed by atoms with Crippen molar-refractivity contribution in [2.45, 2.75) is 13.0 Å². The largest absolute Gasteiger partial charge is 0.495 e. The Bertz CT molecular complexity index is 660. The maximum atomic E-state index is 11.8. The molecule has 0 saturated carbocycles. The minimum atomic E-state index is -0.967. The highest BCUT2D eigenvalue weighted by Crippen LogP contribution is 2.25. The average Bonchev–Trinajstić information content (AvgIpc) is 2.38. The number of carbonyl (C=O) groups is 1. The van der Waals surface area contributed by atoms with Crippen molar-refractivity contribution in [1.29, 1.82) is 0 Å². The number of aliphatic carboxylic acids is 1. The van der Waals surface area contributed by atoms with Gasteiger partial charge in [0.05, 0.1) is 12.6 Å². The van der Waals surface area contributed by atoms with E-state index in [4.69, 9.17) is 9.84 Å². The summed E-state index contributed by atoms with van der Waals surface area (Å²) in [5.41, 5.74) is 0.347. The molecule has 0 aliphatic heterocycles. The van der Waals surface area contributed by atoms with Crippen molar-refractivity contribution in [2.24, 2.45) is 0 Å². The van der Waals surface area contributed by atoms with Crippen molar-refractivity contribution >= 4 is 16.9 Å². The first-order valence-corrected chi connectivity index (χ1v) is 5.47. The van der Waals surface area contributed by atoms with Gasteiger partial charge in [-0.2, -0.15) is 0 Å². The van der Waals surface area contributed by atoms with Gasteiger partial charge in [-0.15, -0.1) is 0 Å². The van der Waals surface area contributed by atoms with Crippen LogP contribution in [0.2, 0.25) is 0 Å². The smallest absolute Gasteiger partial charge is 0.326 e. The van der Waals surface area contributed by atoms with E-state index < -0.39 is 12.0 Å². The summed E-state index contributed by atoms with van der Waals surface area (Å²) in [6.07, 6.45) is 1.48. The number of fused-ring (bicyclic) bond motifs is 1. The lowest BCUT2D eigenvalue weighted by Crippen LogP contribution is -2.18. The number of ether oxygens (including phenoxy) is 1. The van der Waals surface area contributed by atoms with Crippen molar-refractivity contribution in [3.05, 3.63) is 40.7 Å². The van der Waals surface area contributed by atoms with Crippen LogP contribution in [0.4, 0.5) is 0 Å². The molecule has 18 heavy (non-hydrogen) atoms. The second kappa shape index (κ2) is 4.52. The first-order chi connectivity index (χ1) is 8.56. The van der Waals surface area contributed by atoms with E-state index in [0.717, 1.165) is 0 Å². The lowest BCUT2D eigenvalue weighted by molar-refractivity contribution is -0.140. The molecule has 1 aromatic heterocycles. The summed E-state index contributed by atoms with van der Waals surface area (Å²) in [6, 6.07) is 5.65. The van der Waals surface area contributed by atoms with Crippen LogP contribution in [0.3, 0.4) is 0 Å². The second-order valence-corrected chi connectivity index (χ2v) is 3.96. The Morgan fingerprint density at radius 2 is 2.11 bits per heavy atom. The molecule has 0 fully saturated rings. The van der Waals surface area contributed by atoms with Crippen LogP contribution in [0.5, 0.6) is 5.75 Å². The summed E-state index contributed by atoms with van der Waals surface area (Å²) in [4.78, 5) is 22.9. The second-order valence-electron chi connectivity index (χ2n) is 3.96. The molecule has 1 heterocycles. The zero-order valence-corrected chi connectivity index (χ0v) is 10.1. The first-order valence-electron chi connectivity index (χ1n) is 5.47. The molecule has 1 aromatic carbocycles. The molecule has 5 nitrogen and oxygen atoms in total. The highest BCUT2D eigenvalue weighted by atomic mass is 16.5. The normalized spacial score (nSPS) is 12.3. The van der Waals surface area contributed by atoms with Gasteiger partial charge < -0.3 is 14.4 Å². The third-order valence-corrected chi connectivity index (χ3v) is 2.90. The number of aromatic nitrogens is 1. The van der Waals surface area contributed by atoms with Gasteiger partial charge in [-0.25, -0.2) is 4.79 Å². The van der Waals surface area contributed by atoms with E-state index in [1.165, 1.54) is 23.9 Å². The Labute approximate surface area is 103 Å². The number of carboxylic acids is 1. The summed E-state index contributed by atoms with van der Waals surface area (Å²) in [7, 11) is 1.49. The molecule has 0 saturated heterocycles. The van der Waals surface area contributed by atoms with E-state index in [1.807, 2.05) is 0 Å². The van der Waals surface area contributed by atoms with Crippen molar-refractivity contribution in [2.75, 3.05) is 7.11 Å². The summed E-state index contributed by atoms with van der Waals surface area (Å²) >= 11 is 0. The molecule has 5 heteroatoms. The van der Waals surface area contributed by atoms with Crippen molar-refractivity contribution in [3.8, 4) is 5.75 Å². The molecule has 0 aliphatic rings. The number of pyridine rings is 1. The maximum absolute atomic E-state index is 11.8. The van der Waals surface area contributed by atoms with Gasteiger partial charge in [0.2, 0.25) is 0 Å². The SMILES string of the molecule is COc1cccc2c(=O)ccn(C(C)C(=O)O)c12. The maximum Gasteiger partial charge on any atom is 0.326 e. The average molecular weight is 247 g/mol. The molecular formula is C13H13NO4.